The Morgan fingerprint density at radius 1 is 1.28 bits per heavy atom. The number of rotatable bonds is 4. The predicted molar refractivity (Wildman–Crippen MR) is 73.4 cm³/mol. The summed E-state index contributed by atoms with van der Waals surface area (Å²) in [6, 6.07) is -0.269. The monoisotopic (exact) mass is 256 g/mol. The number of hydrogen-bond acceptors (Lipinski definition) is 3. The molecule has 1 aliphatic carbocycles. The molecule has 0 bridgehead atoms. The topological polar surface area (TPSA) is 61.4 Å². The average Bonchev–Trinajstić information content (AvgIpc) is 2.28. The van der Waals surface area contributed by atoms with E-state index >= 15 is 0 Å². The Morgan fingerprint density at radius 2 is 1.83 bits per heavy atom. The van der Waals surface area contributed by atoms with Gasteiger partial charge in [-0.1, -0.05) is 19.3 Å². The van der Waals surface area contributed by atoms with Crippen molar-refractivity contribution in [2.45, 2.75) is 76.9 Å². The van der Waals surface area contributed by atoms with E-state index in [9.17, 15) is 9.90 Å². The molecular weight excluding hydrogens is 228 g/mol. The van der Waals surface area contributed by atoms with E-state index in [4.69, 9.17) is 0 Å². The van der Waals surface area contributed by atoms with Crippen molar-refractivity contribution in [2.24, 2.45) is 0 Å². The second-order valence-electron chi connectivity index (χ2n) is 6.60. The van der Waals surface area contributed by atoms with Gasteiger partial charge in [0.25, 0.3) is 0 Å². The van der Waals surface area contributed by atoms with Crippen LogP contribution in [0.4, 0.5) is 0 Å². The van der Waals surface area contributed by atoms with Gasteiger partial charge in [-0.05, 0) is 40.5 Å². The van der Waals surface area contributed by atoms with Crippen molar-refractivity contribution in [2.75, 3.05) is 6.61 Å². The Balaban J connectivity index is 2.56. The van der Waals surface area contributed by atoms with Crippen molar-refractivity contribution < 1.29 is 9.90 Å². The summed E-state index contributed by atoms with van der Waals surface area (Å²) >= 11 is 0. The highest BCUT2D eigenvalue weighted by atomic mass is 16.3. The Hall–Kier alpha value is -0.610. The minimum atomic E-state index is -0.269. The van der Waals surface area contributed by atoms with Crippen LogP contribution in [0.25, 0.3) is 0 Å². The lowest BCUT2D eigenvalue weighted by molar-refractivity contribution is -0.125. The van der Waals surface area contributed by atoms with Crippen LogP contribution in [0.3, 0.4) is 0 Å². The number of nitrogens with one attached hydrogen (secondary N) is 2. The van der Waals surface area contributed by atoms with Gasteiger partial charge in [-0.2, -0.15) is 0 Å². The molecule has 1 saturated carbocycles. The summed E-state index contributed by atoms with van der Waals surface area (Å²) in [5.41, 5.74) is -0.473. The van der Waals surface area contributed by atoms with Crippen LogP contribution in [0.2, 0.25) is 0 Å². The highest BCUT2D eigenvalue weighted by molar-refractivity contribution is 5.82. The quantitative estimate of drug-likeness (QED) is 0.715. The molecule has 1 atom stereocenters. The van der Waals surface area contributed by atoms with Crippen LogP contribution >= 0.6 is 0 Å². The maximum atomic E-state index is 12.0. The molecule has 1 fully saturated rings. The van der Waals surface area contributed by atoms with Crippen molar-refractivity contribution >= 4 is 5.91 Å². The van der Waals surface area contributed by atoms with Crippen molar-refractivity contribution in [3.8, 4) is 0 Å². The van der Waals surface area contributed by atoms with Gasteiger partial charge in [0.15, 0.2) is 0 Å². The molecule has 0 heterocycles. The van der Waals surface area contributed by atoms with Crippen molar-refractivity contribution in [3.63, 3.8) is 0 Å². The molecule has 0 saturated heterocycles. The zero-order valence-electron chi connectivity index (χ0n) is 12.2. The Kier molecular flexibility index (Phi) is 5.17. The van der Waals surface area contributed by atoms with Crippen molar-refractivity contribution in [1.29, 1.82) is 0 Å². The van der Waals surface area contributed by atoms with Crippen LogP contribution in [0.15, 0.2) is 0 Å². The van der Waals surface area contributed by atoms with Crippen LogP contribution in [0.1, 0.15) is 59.8 Å². The fraction of sp³-hybridized carbons (Fsp3) is 0.929. The summed E-state index contributed by atoms with van der Waals surface area (Å²) in [5.74, 6) is 0.000832. The highest BCUT2D eigenvalue weighted by Crippen LogP contribution is 2.28. The number of carbonyl (C=O) groups is 1. The average molecular weight is 256 g/mol. The molecule has 4 nitrogen and oxygen atoms in total. The van der Waals surface area contributed by atoms with E-state index in [1.165, 1.54) is 6.42 Å². The summed E-state index contributed by atoms with van der Waals surface area (Å²) in [7, 11) is 0. The standard InChI is InChI=1S/C14H28N2O2/c1-11(12(18)16-13(2,3)4)15-14(10-17)8-6-5-7-9-14/h11,15,17H,5-10H2,1-4H3,(H,16,18). The minimum Gasteiger partial charge on any atom is -0.394 e. The Bertz CT molecular complexity index is 278. The smallest absolute Gasteiger partial charge is 0.237 e. The Labute approximate surface area is 111 Å². The first-order valence-corrected chi connectivity index (χ1v) is 6.99. The maximum absolute atomic E-state index is 12.0. The lowest BCUT2D eigenvalue weighted by Gasteiger charge is -2.39. The molecule has 0 radical (unpaired) electrons. The summed E-state index contributed by atoms with van der Waals surface area (Å²) < 4.78 is 0. The van der Waals surface area contributed by atoms with Crippen molar-refractivity contribution in [1.82, 2.24) is 10.6 Å². The highest BCUT2D eigenvalue weighted by Gasteiger charge is 2.34. The molecule has 4 heteroatoms. The first kappa shape index (κ1) is 15.4. The van der Waals surface area contributed by atoms with Crippen LogP contribution in [0, 0.1) is 0 Å². The molecule has 18 heavy (non-hydrogen) atoms. The zero-order valence-corrected chi connectivity index (χ0v) is 12.2. The van der Waals surface area contributed by atoms with Gasteiger partial charge in [0, 0.05) is 11.1 Å². The third-order valence-corrected chi connectivity index (χ3v) is 3.53. The van der Waals surface area contributed by atoms with Gasteiger partial charge in [-0.25, -0.2) is 0 Å². The van der Waals surface area contributed by atoms with E-state index < -0.39 is 0 Å². The van der Waals surface area contributed by atoms with E-state index in [0.717, 1.165) is 25.7 Å². The first-order valence-electron chi connectivity index (χ1n) is 6.99. The second kappa shape index (κ2) is 6.02. The molecule has 0 aromatic heterocycles. The van der Waals surface area contributed by atoms with E-state index in [2.05, 4.69) is 10.6 Å². The zero-order chi connectivity index (χ0) is 13.8. The lowest BCUT2D eigenvalue weighted by Crippen LogP contribution is -2.59. The van der Waals surface area contributed by atoms with E-state index in [1.54, 1.807) is 0 Å². The fourth-order valence-corrected chi connectivity index (χ4v) is 2.58. The van der Waals surface area contributed by atoms with Crippen LogP contribution in [-0.2, 0) is 4.79 Å². The molecule has 0 aromatic carbocycles. The van der Waals surface area contributed by atoms with Gasteiger partial charge in [0.2, 0.25) is 5.91 Å². The third kappa shape index (κ3) is 4.58. The van der Waals surface area contributed by atoms with E-state index in [-0.39, 0.29) is 29.6 Å². The van der Waals surface area contributed by atoms with Crippen LogP contribution < -0.4 is 10.6 Å². The second-order valence-corrected chi connectivity index (χ2v) is 6.60. The molecule has 1 aliphatic rings. The SMILES string of the molecule is CC(NC1(CO)CCCCC1)C(=O)NC(C)(C)C. The van der Waals surface area contributed by atoms with Gasteiger partial charge in [-0.15, -0.1) is 0 Å². The third-order valence-electron chi connectivity index (χ3n) is 3.53. The number of hydrogen-bond donors (Lipinski definition) is 3. The molecule has 1 amide bonds. The first-order chi connectivity index (χ1) is 8.28. The maximum Gasteiger partial charge on any atom is 0.237 e. The minimum absolute atomic E-state index is 0.000832. The number of carbonyl (C=O) groups excluding carboxylic acids is 1. The molecule has 106 valence electrons. The predicted octanol–water partition coefficient (Wildman–Crippen LogP) is 1.57. The van der Waals surface area contributed by atoms with Crippen LogP contribution in [0.5, 0.6) is 0 Å². The van der Waals surface area contributed by atoms with Gasteiger partial charge in [-0.3, -0.25) is 10.1 Å². The molecule has 3 N–H and O–H groups in total. The lowest BCUT2D eigenvalue weighted by atomic mass is 9.81. The van der Waals surface area contributed by atoms with Crippen LogP contribution in [-0.4, -0.2) is 34.7 Å². The molecule has 0 spiro atoms. The molecule has 1 rings (SSSR count). The summed E-state index contributed by atoms with van der Waals surface area (Å²) in [6.45, 7) is 7.90. The van der Waals surface area contributed by atoms with Gasteiger partial charge < -0.3 is 10.4 Å². The van der Waals surface area contributed by atoms with Gasteiger partial charge in [0.05, 0.1) is 12.6 Å². The van der Waals surface area contributed by atoms with E-state index in [1.807, 2.05) is 27.7 Å². The summed E-state index contributed by atoms with van der Waals surface area (Å²) in [5, 5.41) is 15.9. The number of aliphatic hydroxyl groups is 1. The molecule has 0 aliphatic heterocycles. The molecular formula is C14H28N2O2. The largest absolute Gasteiger partial charge is 0.394 e. The summed E-state index contributed by atoms with van der Waals surface area (Å²) in [6.07, 6.45) is 5.39. The number of aliphatic hydroxyl groups excluding tert-OH is 1. The fourth-order valence-electron chi connectivity index (χ4n) is 2.58. The normalized spacial score (nSPS) is 21.4. The Morgan fingerprint density at radius 3 is 2.28 bits per heavy atom. The van der Waals surface area contributed by atoms with E-state index in [0.29, 0.717) is 0 Å². The molecule has 0 aromatic rings. The summed E-state index contributed by atoms with van der Waals surface area (Å²) in [4.78, 5) is 12.0. The van der Waals surface area contributed by atoms with Gasteiger partial charge >= 0.3 is 0 Å². The number of amides is 1. The van der Waals surface area contributed by atoms with Gasteiger partial charge in [0.1, 0.15) is 0 Å². The van der Waals surface area contributed by atoms with Crippen molar-refractivity contribution in [3.05, 3.63) is 0 Å². The molecule has 1 unspecified atom stereocenters.